The van der Waals surface area contributed by atoms with Crippen molar-refractivity contribution in [2.24, 2.45) is 5.92 Å². The molecule has 3 N–H and O–H groups in total. The van der Waals surface area contributed by atoms with E-state index in [1.165, 1.54) is 30.5 Å². The number of carbonyl (C=O) groups is 3. The summed E-state index contributed by atoms with van der Waals surface area (Å²) in [7, 11) is 0. The number of carbonyl (C=O) groups excluding carboxylic acids is 3. The predicted molar refractivity (Wildman–Crippen MR) is 149 cm³/mol. The largest absolute Gasteiger partial charge is 0.444 e. The summed E-state index contributed by atoms with van der Waals surface area (Å²) < 4.78 is 5.39. The number of ether oxygens (including phenoxy) is 1. The average Bonchev–Trinajstić information content (AvgIpc) is 2.84. The topological polar surface area (TPSA) is 99.8 Å². The lowest BCUT2D eigenvalue weighted by Gasteiger charge is -2.35. The fraction of sp³-hybridized carbons (Fsp3) is 0.700. The van der Waals surface area contributed by atoms with E-state index in [4.69, 9.17) is 4.74 Å². The van der Waals surface area contributed by atoms with Gasteiger partial charge < -0.3 is 20.3 Å². The van der Waals surface area contributed by atoms with Gasteiger partial charge in [0.2, 0.25) is 11.8 Å². The number of nitrogens with one attached hydrogen (secondary N) is 3. The van der Waals surface area contributed by atoms with Gasteiger partial charge >= 0.3 is 6.09 Å². The number of anilines is 1. The molecule has 38 heavy (non-hydrogen) atoms. The van der Waals surface area contributed by atoms with Gasteiger partial charge in [-0.3, -0.25) is 14.9 Å². The molecule has 2 aliphatic heterocycles. The van der Waals surface area contributed by atoms with E-state index in [-0.39, 0.29) is 29.9 Å². The molecular weight excluding hydrogens is 480 g/mol. The second-order valence-corrected chi connectivity index (χ2v) is 12.4. The molecule has 3 amide bonds. The molecule has 1 saturated carbocycles. The average molecular weight is 527 g/mol. The number of aryl methyl sites for hydroxylation is 1. The molecule has 0 spiro atoms. The zero-order chi connectivity index (χ0) is 27.3. The quantitative estimate of drug-likeness (QED) is 0.451. The third kappa shape index (κ3) is 7.95. The van der Waals surface area contributed by atoms with E-state index in [2.05, 4.69) is 46.0 Å². The van der Waals surface area contributed by atoms with Crippen molar-refractivity contribution in [3.63, 3.8) is 0 Å². The first-order valence-corrected chi connectivity index (χ1v) is 14.5. The van der Waals surface area contributed by atoms with Crippen molar-refractivity contribution in [2.45, 2.75) is 109 Å². The molecule has 4 rings (SSSR count). The molecule has 2 heterocycles. The van der Waals surface area contributed by atoms with Crippen LogP contribution in [0.4, 0.5) is 10.5 Å². The molecular formula is C30H46N4O4. The first kappa shape index (κ1) is 28.4. The molecule has 0 radical (unpaired) electrons. The zero-order valence-electron chi connectivity index (χ0n) is 23.6. The van der Waals surface area contributed by atoms with E-state index in [1.807, 2.05) is 20.8 Å². The lowest BCUT2D eigenvalue weighted by molar-refractivity contribution is -0.134. The van der Waals surface area contributed by atoms with Crippen LogP contribution in [0.3, 0.4) is 0 Å². The number of benzene rings is 1. The lowest BCUT2D eigenvalue weighted by Crippen LogP contribution is -2.44. The van der Waals surface area contributed by atoms with Gasteiger partial charge in [-0.2, -0.15) is 0 Å². The van der Waals surface area contributed by atoms with Gasteiger partial charge in [-0.05, 0) is 109 Å². The summed E-state index contributed by atoms with van der Waals surface area (Å²) in [6, 6.07) is 7.11. The second-order valence-electron chi connectivity index (χ2n) is 12.4. The first-order valence-electron chi connectivity index (χ1n) is 14.5. The maximum atomic E-state index is 12.3. The highest BCUT2D eigenvalue weighted by Crippen LogP contribution is 2.32. The van der Waals surface area contributed by atoms with Crippen molar-refractivity contribution in [1.82, 2.24) is 16.0 Å². The molecule has 3 aliphatic rings. The molecule has 2 saturated heterocycles. The SMILES string of the molecule is Cc1cc(C2CCC(=O)NC2=O)ccc1N1CCC(CCNC2CCC(NC(=O)OC(C)(C)C)CC2)CC1. The number of rotatable bonds is 7. The van der Waals surface area contributed by atoms with Gasteiger partial charge in [-0.15, -0.1) is 0 Å². The molecule has 1 aromatic rings. The summed E-state index contributed by atoms with van der Waals surface area (Å²) in [5, 5.41) is 9.26. The second kappa shape index (κ2) is 12.5. The molecule has 1 atom stereocenters. The van der Waals surface area contributed by atoms with Crippen molar-refractivity contribution in [3.05, 3.63) is 29.3 Å². The Hall–Kier alpha value is -2.61. The van der Waals surface area contributed by atoms with E-state index < -0.39 is 5.60 Å². The number of amides is 3. The summed E-state index contributed by atoms with van der Waals surface area (Å²) in [6.45, 7) is 11.0. The summed E-state index contributed by atoms with van der Waals surface area (Å²) in [5.74, 6) is 0.174. The van der Waals surface area contributed by atoms with E-state index in [0.717, 1.165) is 56.8 Å². The van der Waals surface area contributed by atoms with Gasteiger partial charge in [0.05, 0.1) is 5.92 Å². The maximum absolute atomic E-state index is 12.3. The minimum absolute atomic E-state index is 0.169. The highest BCUT2D eigenvalue weighted by Gasteiger charge is 2.29. The molecule has 1 aliphatic carbocycles. The fourth-order valence-corrected chi connectivity index (χ4v) is 6.13. The van der Waals surface area contributed by atoms with Crippen LogP contribution in [-0.2, 0) is 14.3 Å². The Balaban J connectivity index is 1.14. The molecule has 0 aromatic heterocycles. The molecule has 1 unspecified atom stereocenters. The molecule has 8 nitrogen and oxygen atoms in total. The Morgan fingerprint density at radius 1 is 1.03 bits per heavy atom. The minimum Gasteiger partial charge on any atom is -0.444 e. The normalized spacial score (nSPS) is 25.2. The van der Waals surface area contributed by atoms with Gasteiger partial charge in [-0.25, -0.2) is 4.79 Å². The zero-order valence-corrected chi connectivity index (χ0v) is 23.6. The van der Waals surface area contributed by atoms with Crippen LogP contribution in [0.15, 0.2) is 18.2 Å². The maximum Gasteiger partial charge on any atom is 0.407 e. The molecule has 3 fully saturated rings. The Morgan fingerprint density at radius 2 is 1.71 bits per heavy atom. The molecule has 1 aromatic carbocycles. The Kier molecular flexibility index (Phi) is 9.34. The van der Waals surface area contributed by atoms with E-state index in [0.29, 0.717) is 18.9 Å². The number of alkyl carbamates (subject to hydrolysis) is 1. The smallest absolute Gasteiger partial charge is 0.407 e. The Bertz CT molecular complexity index is 988. The van der Waals surface area contributed by atoms with Crippen LogP contribution < -0.4 is 20.9 Å². The highest BCUT2D eigenvalue weighted by atomic mass is 16.6. The standard InChI is InChI=1S/C30H46N4O4/c1-20-19-22(25-10-12-27(35)33-28(25)36)5-11-26(20)34-17-14-21(15-18-34)13-16-31-23-6-8-24(9-7-23)32-29(37)38-30(2,3)4/h5,11,19,21,23-25,31H,6-10,12-18H2,1-4H3,(H,32,37)(H,33,35,36). The van der Waals surface area contributed by atoms with Crippen molar-refractivity contribution in [2.75, 3.05) is 24.5 Å². The van der Waals surface area contributed by atoms with Crippen LogP contribution >= 0.6 is 0 Å². The number of hydrogen-bond donors (Lipinski definition) is 3. The summed E-state index contributed by atoms with van der Waals surface area (Å²) in [4.78, 5) is 38.2. The summed E-state index contributed by atoms with van der Waals surface area (Å²) >= 11 is 0. The van der Waals surface area contributed by atoms with Gasteiger partial charge in [0.25, 0.3) is 0 Å². The number of nitrogens with zero attached hydrogens (tertiary/aromatic N) is 1. The van der Waals surface area contributed by atoms with Crippen LogP contribution in [-0.4, -0.2) is 55.2 Å². The lowest BCUT2D eigenvalue weighted by atomic mass is 9.88. The summed E-state index contributed by atoms with van der Waals surface area (Å²) in [5.41, 5.74) is 3.01. The minimum atomic E-state index is -0.458. The number of hydrogen-bond acceptors (Lipinski definition) is 6. The van der Waals surface area contributed by atoms with E-state index in [1.54, 1.807) is 0 Å². The van der Waals surface area contributed by atoms with Gasteiger partial charge in [-0.1, -0.05) is 12.1 Å². The monoisotopic (exact) mass is 526 g/mol. The van der Waals surface area contributed by atoms with Crippen LogP contribution in [0.5, 0.6) is 0 Å². The number of piperidine rings is 2. The van der Waals surface area contributed by atoms with Crippen molar-refractivity contribution < 1.29 is 19.1 Å². The van der Waals surface area contributed by atoms with Gasteiger partial charge in [0.1, 0.15) is 5.60 Å². The van der Waals surface area contributed by atoms with E-state index >= 15 is 0 Å². The van der Waals surface area contributed by atoms with Crippen LogP contribution in [0.1, 0.15) is 95.6 Å². The Morgan fingerprint density at radius 3 is 2.34 bits per heavy atom. The molecule has 8 heteroatoms. The first-order chi connectivity index (χ1) is 18.1. The van der Waals surface area contributed by atoms with Crippen LogP contribution in [0.25, 0.3) is 0 Å². The summed E-state index contributed by atoms with van der Waals surface area (Å²) in [6.07, 6.45) is 8.47. The van der Waals surface area contributed by atoms with Crippen LogP contribution in [0.2, 0.25) is 0 Å². The predicted octanol–water partition coefficient (Wildman–Crippen LogP) is 4.55. The third-order valence-corrected chi connectivity index (χ3v) is 8.25. The van der Waals surface area contributed by atoms with Gasteiger partial charge in [0.15, 0.2) is 0 Å². The Labute approximate surface area is 227 Å². The van der Waals surface area contributed by atoms with Crippen molar-refractivity contribution in [3.8, 4) is 0 Å². The van der Waals surface area contributed by atoms with E-state index in [9.17, 15) is 14.4 Å². The van der Waals surface area contributed by atoms with Crippen molar-refractivity contribution in [1.29, 1.82) is 0 Å². The molecule has 210 valence electrons. The van der Waals surface area contributed by atoms with Crippen molar-refractivity contribution >= 4 is 23.6 Å². The fourth-order valence-electron chi connectivity index (χ4n) is 6.13. The van der Waals surface area contributed by atoms with Gasteiger partial charge in [0, 0.05) is 37.3 Å². The molecule has 0 bridgehead atoms. The highest BCUT2D eigenvalue weighted by molar-refractivity contribution is 6.01. The third-order valence-electron chi connectivity index (χ3n) is 8.25. The van der Waals surface area contributed by atoms with Crippen LogP contribution in [0, 0.1) is 12.8 Å². The number of imide groups is 1.